The van der Waals surface area contributed by atoms with E-state index in [1.54, 1.807) is 0 Å². The van der Waals surface area contributed by atoms with Crippen LogP contribution in [-0.2, 0) is 21.2 Å². The third kappa shape index (κ3) is 7.43. The minimum atomic E-state index is -3.23. The molecule has 1 aromatic carbocycles. The maximum Gasteiger partial charge on any atom is 0.239 e. The third-order valence-corrected chi connectivity index (χ3v) is 7.47. The second-order valence-corrected chi connectivity index (χ2v) is 11.2. The first kappa shape index (κ1) is 24.5. The number of piperazine rings is 1. The van der Waals surface area contributed by atoms with Gasteiger partial charge < -0.3 is 10.6 Å². The smallest absolute Gasteiger partial charge is 0.239 e. The minimum Gasteiger partial charge on any atom is -0.339 e. The molecular weight excluding hydrogens is 436 g/mol. The summed E-state index contributed by atoms with van der Waals surface area (Å²) in [5.41, 5.74) is 7.20. The number of hydrogen-bond donors (Lipinski definition) is 2. The molecule has 3 rings (SSSR count). The summed E-state index contributed by atoms with van der Waals surface area (Å²) in [5, 5.41) is 0.664. The number of sulfonamides is 1. The van der Waals surface area contributed by atoms with E-state index in [1.807, 2.05) is 29.2 Å². The highest BCUT2D eigenvalue weighted by Gasteiger charge is 2.33. The van der Waals surface area contributed by atoms with Crippen molar-refractivity contribution in [1.82, 2.24) is 14.5 Å². The SMILES string of the molecule is CS(=O)(=O)NCC(C1CCCCC1)N1CCN(C(=O)C(N)Cc2ccc(Cl)cc2)CC1. The molecule has 9 heteroatoms. The third-order valence-electron chi connectivity index (χ3n) is 6.53. The van der Waals surface area contributed by atoms with E-state index >= 15 is 0 Å². The van der Waals surface area contributed by atoms with Gasteiger partial charge in [0, 0.05) is 43.8 Å². The molecule has 0 spiro atoms. The highest BCUT2D eigenvalue weighted by Crippen LogP contribution is 2.29. The van der Waals surface area contributed by atoms with Gasteiger partial charge in [0.2, 0.25) is 15.9 Å². The Morgan fingerprint density at radius 3 is 2.32 bits per heavy atom. The maximum absolute atomic E-state index is 12.9. The predicted octanol–water partition coefficient (Wildman–Crippen LogP) is 1.85. The van der Waals surface area contributed by atoms with Gasteiger partial charge in [-0.2, -0.15) is 0 Å². The molecule has 3 N–H and O–H groups in total. The van der Waals surface area contributed by atoms with Crippen LogP contribution in [-0.4, -0.2) is 75.2 Å². The Labute approximate surface area is 191 Å². The molecule has 31 heavy (non-hydrogen) atoms. The zero-order valence-electron chi connectivity index (χ0n) is 18.3. The van der Waals surface area contributed by atoms with E-state index in [9.17, 15) is 13.2 Å². The molecule has 1 aliphatic heterocycles. The monoisotopic (exact) mass is 470 g/mol. The Bertz CT molecular complexity index is 820. The molecular formula is C22H35ClN4O3S. The van der Waals surface area contributed by atoms with Crippen molar-refractivity contribution in [2.45, 2.75) is 50.6 Å². The number of amides is 1. The van der Waals surface area contributed by atoms with Gasteiger partial charge in [0.1, 0.15) is 0 Å². The maximum atomic E-state index is 12.9. The highest BCUT2D eigenvalue weighted by molar-refractivity contribution is 7.88. The fourth-order valence-electron chi connectivity index (χ4n) is 4.82. The Hall–Kier alpha value is -1.19. The number of nitrogens with zero attached hydrogens (tertiary/aromatic N) is 2. The number of benzene rings is 1. The van der Waals surface area contributed by atoms with Gasteiger partial charge in [-0.15, -0.1) is 0 Å². The number of carbonyl (C=O) groups excluding carboxylic acids is 1. The van der Waals surface area contributed by atoms with Gasteiger partial charge >= 0.3 is 0 Å². The summed E-state index contributed by atoms with van der Waals surface area (Å²) in [6, 6.07) is 7.02. The van der Waals surface area contributed by atoms with E-state index in [2.05, 4.69) is 9.62 Å². The molecule has 1 saturated heterocycles. The summed E-state index contributed by atoms with van der Waals surface area (Å²) < 4.78 is 26.1. The van der Waals surface area contributed by atoms with Crippen molar-refractivity contribution in [3.8, 4) is 0 Å². The van der Waals surface area contributed by atoms with Gasteiger partial charge in [0.05, 0.1) is 12.3 Å². The van der Waals surface area contributed by atoms with Crippen LogP contribution in [0.2, 0.25) is 5.02 Å². The lowest BCUT2D eigenvalue weighted by Crippen LogP contribution is -2.58. The molecule has 0 bridgehead atoms. The van der Waals surface area contributed by atoms with Gasteiger partial charge in [-0.05, 0) is 42.9 Å². The number of hydrogen-bond acceptors (Lipinski definition) is 5. The van der Waals surface area contributed by atoms with Crippen molar-refractivity contribution in [3.05, 3.63) is 34.9 Å². The summed E-state index contributed by atoms with van der Waals surface area (Å²) in [6.45, 7) is 3.16. The van der Waals surface area contributed by atoms with Gasteiger partial charge in [0.15, 0.2) is 0 Å². The van der Waals surface area contributed by atoms with Crippen molar-refractivity contribution in [2.75, 3.05) is 39.0 Å². The Morgan fingerprint density at radius 2 is 1.74 bits per heavy atom. The predicted molar refractivity (Wildman–Crippen MR) is 124 cm³/mol. The average molecular weight is 471 g/mol. The van der Waals surface area contributed by atoms with E-state index < -0.39 is 16.1 Å². The van der Waals surface area contributed by atoms with Crippen LogP contribution < -0.4 is 10.5 Å². The number of rotatable bonds is 8. The van der Waals surface area contributed by atoms with Crippen LogP contribution in [0, 0.1) is 5.92 Å². The van der Waals surface area contributed by atoms with Crippen molar-refractivity contribution in [2.24, 2.45) is 11.7 Å². The van der Waals surface area contributed by atoms with Crippen LogP contribution in [0.4, 0.5) is 0 Å². The van der Waals surface area contributed by atoms with Crippen LogP contribution in [0.1, 0.15) is 37.7 Å². The van der Waals surface area contributed by atoms with Crippen molar-refractivity contribution < 1.29 is 13.2 Å². The highest BCUT2D eigenvalue weighted by atomic mass is 35.5. The molecule has 1 aromatic rings. The molecule has 0 aromatic heterocycles. The molecule has 1 amide bonds. The molecule has 2 aliphatic rings. The number of halogens is 1. The van der Waals surface area contributed by atoms with Gasteiger partial charge in [0.25, 0.3) is 0 Å². The summed E-state index contributed by atoms with van der Waals surface area (Å²) in [7, 11) is -3.23. The standard InChI is InChI=1S/C22H35ClN4O3S/c1-31(29,30)25-16-21(18-5-3-2-4-6-18)26-11-13-27(14-12-26)22(28)20(24)15-17-7-9-19(23)10-8-17/h7-10,18,20-21,25H,2-6,11-16,24H2,1H3. The fraction of sp³-hybridized carbons (Fsp3) is 0.682. The molecule has 1 aliphatic carbocycles. The fourth-order valence-corrected chi connectivity index (χ4v) is 5.42. The van der Waals surface area contributed by atoms with Crippen LogP contribution in [0.15, 0.2) is 24.3 Å². The largest absolute Gasteiger partial charge is 0.339 e. The van der Waals surface area contributed by atoms with Crippen molar-refractivity contribution in [3.63, 3.8) is 0 Å². The molecule has 0 radical (unpaired) electrons. The summed E-state index contributed by atoms with van der Waals surface area (Å²) in [5.74, 6) is 0.468. The zero-order valence-corrected chi connectivity index (χ0v) is 19.9. The van der Waals surface area contributed by atoms with Crippen LogP contribution >= 0.6 is 11.6 Å². The van der Waals surface area contributed by atoms with Crippen LogP contribution in [0.3, 0.4) is 0 Å². The quantitative estimate of drug-likeness (QED) is 0.604. The Kier molecular flexibility index (Phi) is 8.75. The Morgan fingerprint density at radius 1 is 1.13 bits per heavy atom. The average Bonchev–Trinajstić information content (AvgIpc) is 2.75. The minimum absolute atomic E-state index is 0.0296. The first-order valence-corrected chi connectivity index (χ1v) is 13.5. The summed E-state index contributed by atoms with van der Waals surface area (Å²) in [6.07, 6.45) is 7.65. The van der Waals surface area contributed by atoms with E-state index in [4.69, 9.17) is 17.3 Å². The van der Waals surface area contributed by atoms with E-state index in [1.165, 1.54) is 25.5 Å². The second-order valence-electron chi connectivity index (χ2n) is 8.88. The summed E-state index contributed by atoms with van der Waals surface area (Å²) in [4.78, 5) is 17.1. The number of nitrogens with two attached hydrogens (primary N) is 1. The van der Waals surface area contributed by atoms with Crippen molar-refractivity contribution >= 4 is 27.5 Å². The molecule has 2 fully saturated rings. The van der Waals surface area contributed by atoms with E-state index in [-0.39, 0.29) is 11.9 Å². The van der Waals surface area contributed by atoms with Gasteiger partial charge in [-0.25, -0.2) is 13.1 Å². The Balaban J connectivity index is 1.55. The number of nitrogens with one attached hydrogen (secondary N) is 1. The molecule has 1 saturated carbocycles. The first-order chi connectivity index (χ1) is 14.7. The van der Waals surface area contributed by atoms with Crippen LogP contribution in [0.5, 0.6) is 0 Å². The van der Waals surface area contributed by atoms with Crippen molar-refractivity contribution in [1.29, 1.82) is 0 Å². The normalized spacial score (nSPS) is 21.1. The van der Waals surface area contributed by atoms with Crippen LogP contribution in [0.25, 0.3) is 0 Å². The summed E-state index contributed by atoms with van der Waals surface area (Å²) >= 11 is 5.93. The molecule has 2 unspecified atom stereocenters. The van der Waals surface area contributed by atoms with E-state index in [0.29, 0.717) is 37.0 Å². The molecule has 1 heterocycles. The number of carbonyl (C=O) groups is 1. The van der Waals surface area contributed by atoms with Gasteiger partial charge in [-0.1, -0.05) is 43.0 Å². The topological polar surface area (TPSA) is 95.7 Å². The van der Waals surface area contributed by atoms with Gasteiger partial charge in [-0.3, -0.25) is 9.69 Å². The second kappa shape index (κ2) is 11.1. The lowest BCUT2D eigenvalue weighted by molar-refractivity contribution is -0.134. The molecule has 2 atom stereocenters. The molecule has 7 nitrogen and oxygen atoms in total. The lowest BCUT2D eigenvalue weighted by Gasteiger charge is -2.43. The molecule has 174 valence electrons. The zero-order chi connectivity index (χ0) is 22.4. The lowest BCUT2D eigenvalue weighted by atomic mass is 9.83. The van der Waals surface area contributed by atoms with E-state index in [0.717, 1.165) is 31.5 Å². The first-order valence-electron chi connectivity index (χ1n) is 11.2.